The first-order chi connectivity index (χ1) is 30.8. The molecule has 0 aliphatic carbocycles. The molecule has 0 amide bonds. The number of rotatable bonds is 7. The summed E-state index contributed by atoms with van der Waals surface area (Å²) in [4.78, 5) is 2.38. The fourth-order valence-electron chi connectivity index (χ4n) is 9.69. The van der Waals surface area contributed by atoms with Crippen molar-refractivity contribution >= 4 is 71.2 Å². The Morgan fingerprint density at radius 2 is 0.710 bits per heavy atom. The summed E-state index contributed by atoms with van der Waals surface area (Å²) in [7, 11) is 0. The molecule has 2 heteroatoms. The van der Waals surface area contributed by atoms with E-state index in [4.69, 9.17) is 0 Å². The molecule has 1 aromatic heterocycles. The van der Waals surface area contributed by atoms with Gasteiger partial charge in [-0.25, -0.2) is 0 Å². The molecule has 11 aromatic carbocycles. The maximum absolute atomic E-state index is 2.43. The first kappa shape index (κ1) is 35.7. The van der Waals surface area contributed by atoms with E-state index in [2.05, 4.69) is 252 Å². The smallest absolute Gasteiger partial charge is 0.0541 e. The van der Waals surface area contributed by atoms with E-state index in [9.17, 15) is 0 Å². The summed E-state index contributed by atoms with van der Waals surface area (Å²) < 4.78 is 2.43. The number of aromatic nitrogens is 1. The van der Waals surface area contributed by atoms with Gasteiger partial charge in [0.1, 0.15) is 0 Å². The topological polar surface area (TPSA) is 8.17 Å². The number of fused-ring (bicyclic) bond motifs is 7. The maximum Gasteiger partial charge on any atom is 0.0541 e. The molecule has 12 rings (SSSR count). The Morgan fingerprint density at radius 3 is 1.40 bits per heavy atom. The van der Waals surface area contributed by atoms with E-state index in [1.165, 1.54) is 81.9 Å². The van der Waals surface area contributed by atoms with Crippen LogP contribution < -0.4 is 4.90 Å². The van der Waals surface area contributed by atoms with Crippen LogP contribution in [-0.4, -0.2) is 4.57 Å². The van der Waals surface area contributed by atoms with Gasteiger partial charge in [0.25, 0.3) is 0 Å². The lowest BCUT2D eigenvalue weighted by Crippen LogP contribution is -2.10. The monoisotopic (exact) mass is 788 g/mol. The number of para-hydroxylation sites is 3. The molecule has 62 heavy (non-hydrogen) atoms. The van der Waals surface area contributed by atoms with Gasteiger partial charge in [-0.1, -0.05) is 188 Å². The van der Waals surface area contributed by atoms with Gasteiger partial charge in [0.2, 0.25) is 0 Å². The minimum atomic E-state index is 1.09. The molecule has 0 saturated carbocycles. The third-order valence-corrected chi connectivity index (χ3v) is 12.6. The number of anilines is 3. The van der Waals surface area contributed by atoms with Gasteiger partial charge in [-0.2, -0.15) is 0 Å². The van der Waals surface area contributed by atoms with Gasteiger partial charge in [-0.05, 0) is 115 Å². The van der Waals surface area contributed by atoms with E-state index in [0.29, 0.717) is 0 Å². The summed E-state index contributed by atoms with van der Waals surface area (Å²) in [5.41, 5.74) is 14.0. The summed E-state index contributed by atoms with van der Waals surface area (Å²) in [5, 5.41) is 10.0. The maximum atomic E-state index is 2.43. The molecule has 1 heterocycles. The van der Waals surface area contributed by atoms with Crippen molar-refractivity contribution in [3.63, 3.8) is 0 Å². The van der Waals surface area contributed by atoms with Crippen LogP contribution in [0.2, 0.25) is 0 Å². The summed E-state index contributed by atoms with van der Waals surface area (Å²) in [5.74, 6) is 0. The third-order valence-electron chi connectivity index (χ3n) is 12.6. The molecule has 0 saturated heterocycles. The van der Waals surface area contributed by atoms with E-state index in [1.807, 2.05) is 0 Å². The van der Waals surface area contributed by atoms with Crippen molar-refractivity contribution in [1.82, 2.24) is 4.57 Å². The van der Waals surface area contributed by atoms with Crippen LogP contribution in [-0.2, 0) is 0 Å². The van der Waals surface area contributed by atoms with Crippen molar-refractivity contribution in [2.45, 2.75) is 0 Å². The zero-order chi connectivity index (χ0) is 41.0. The molecule has 0 aliphatic rings. The van der Waals surface area contributed by atoms with Crippen molar-refractivity contribution in [3.05, 3.63) is 243 Å². The predicted molar refractivity (Wildman–Crippen MR) is 264 cm³/mol. The van der Waals surface area contributed by atoms with E-state index in [1.54, 1.807) is 0 Å². The molecule has 0 fully saturated rings. The lowest BCUT2D eigenvalue weighted by atomic mass is 9.93. The van der Waals surface area contributed by atoms with Crippen LogP contribution in [0.1, 0.15) is 0 Å². The quantitative estimate of drug-likeness (QED) is 0.146. The minimum absolute atomic E-state index is 1.09. The average molecular weight is 789 g/mol. The first-order valence-corrected chi connectivity index (χ1v) is 21.3. The van der Waals surface area contributed by atoms with Crippen LogP contribution in [0.4, 0.5) is 17.1 Å². The SMILES string of the molecule is c1ccc(-c2ccccc2-n2c3ccccc3c3ccccc32)c(-c2ccc(N(c3ccc(-c4cccc5ccccc45)cc3)c3ccc4c(ccc5ccccc54)c3)cc2)c1. The number of hydrogen-bond acceptors (Lipinski definition) is 1. The molecule has 0 unspecified atom stereocenters. The Kier molecular flexibility index (Phi) is 8.53. The van der Waals surface area contributed by atoms with Gasteiger partial charge in [-0.3, -0.25) is 0 Å². The van der Waals surface area contributed by atoms with Crippen molar-refractivity contribution in [3.8, 4) is 39.1 Å². The van der Waals surface area contributed by atoms with Gasteiger partial charge < -0.3 is 9.47 Å². The van der Waals surface area contributed by atoms with Crippen molar-refractivity contribution < 1.29 is 0 Å². The minimum Gasteiger partial charge on any atom is -0.310 e. The highest BCUT2D eigenvalue weighted by Gasteiger charge is 2.19. The van der Waals surface area contributed by atoms with Gasteiger partial charge in [0.05, 0.1) is 16.7 Å². The Bertz CT molecular complexity index is 3570. The molecule has 0 aliphatic heterocycles. The van der Waals surface area contributed by atoms with E-state index >= 15 is 0 Å². The molecule has 2 nitrogen and oxygen atoms in total. The van der Waals surface area contributed by atoms with Crippen LogP contribution >= 0.6 is 0 Å². The van der Waals surface area contributed by atoms with Crippen LogP contribution in [0.15, 0.2) is 243 Å². The lowest BCUT2D eigenvalue weighted by Gasteiger charge is -2.26. The largest absolute Gasteiger partial charge is 0.310 e. The van der Waals surface area contributed by atoms with Crippen LogP contribution in [0.25, 0.3) is 93.2 Å². The van der Waals surface area contributed by atoms with Crippen molar-refractivity contribution in [2.24, 2.45) is 0 Å². The molecule has 290 valence electrons. The van der Waals surface area contributed by atoms with Gasteiger partial charge in [0.15, 0.2) is 0 Å². The zero-order valence-electron chi connectivity index (χ0n) is 34.0. The fraction of sp³-hybridized carbons (Fsp3) is 0. The van der Waals surface area contributed by atoms with Gasteiger partial charge in [-0.15, -0.1) is 0 Å². The van der Waals surface area contributed by atoms with Crippen molar-refractivity contribution in [1.29, 1.82) is 0 Å². The predicted octanol–water partition coefficient (Wildman–Crippen LogP) is 16.7. The average Bonchev–Trinajstić information content (AvgIpc) is 3.68. The first-order valence-electron chi connectivity index (χ1n) is 21.3. The number of benzene rings is 11. The Balaban J connectivity index is 0.972. The van der Waals surface area contributed by atoms with Gasteiger partial charge in [0, 0.05) is 33.4 Å². The summed E-state index contributed by atoms with van der Waals surface area (Å²) in [6, 6.07) is 88.5. The van der Waals surface area contributed by atoms with Gasteiger partial charge >= 0.3 is 0 Å². The molecule has 12 aromatic rings. The summed E-state index contributed by atoms with van der Waals surface area (Å²) in [6.45, 7) is 0. The number of hydrogen-bond donors (Lipinski definition) is 0. The second-order valence-electron chi connectivity index (χ2n) is 16.1. The molecular formula is C60H40N2. The Hall–Kier alpha value is -8.20. The zero-order valence-corrected chi connectivity index (χ0v) is 34.0. The molecule has 0 spiro atoms. The summed E-state index contributed by atoms with van der Waals surface area (Å²) in [6.07, 6.45) is 0. The third kappa shape index (κ3) is 5.96. The molecule has 0 bridgehead atoms. The second kappa shape index (κ2) is 14.8. The Labute approximate surface area is 360 Å². The van der Waals surface area contributed by atoms with E-state index < -0.39 is 0 Å². The van der Waals surface area contributed by atoms with E-state index in [-0.39, 0.29) is 0 Å². The summed E-state index contributed by atoms with van der Waals surface area (Å²) >= 11 is 0. The van der Waals surface area contributed by atoms with Crippen LogP contribution in [0, 0.1) is 0 Å². The van der Waals surface area contributed by atoms with Crippen molar-refractivity contribution in [2.75, 3.05) is 4.90 Å². The highest BCUT2D eigenvalue weighted by molar-refractivity contribution is 6.10. The molecule has 0 radical (unpaired) electrons. The second-order valence-corrected chi connectivity index (χ2v) is 16.1. The van der Waals surface area contributed by atoms with Crippen LogP contribution in [0.3, 0.4) is 0 Å². The van der Waals surface area contributed by atoms with Crippen LogP contribution in [0.5, 0.6) is 0 Å². The molecular weight excluding hydrogens is 749 g/mol. The Morgan fingerprint density at radius 1 is 0.258 bits per heavy atom. The highest BCUT2D eigenvalue weighted by Crippen LogP contribution is 2.42. The molecule has 0 N–H and O–H groups in total. The van der Waals surface area contributed by atoms with E-state index in [0.717, 1.165) is 28.3 Å². The standard InChI is InChI=1S/C60H40N2/c1-3-17-49-41(14-1)16-13-24-51(49)43-30-34-46(35-31-43)61(48-38-39-53-45(40-48)29-28-42-15-2-4-18-50(42)53)47-36-32-44(33-37-47)52-19-5-6-20-54(52)55-21-7-10-25-58(55)62-59-26-11-8-22-56(59)57-23-9-12-27-60(57)62/h1-40H. The lowest BCUT2D eigenvalue weighted by molar-refractivity contribution is 1.18. The fourth-order valence-corrected chi connectivity index (χ4v) is 9.69. The number of nitrogens with zero attached hydrogens (tertiary/aromatic N) is 2. The molecule has 0 atom stereocenters. The highest BCUT2D eigenvalue weighted by atomic mass is 15.1. The normalized spacial score (nSPS) is 11.5.